The highest BCUT2D eigenvalue weighted by molar-refractivity contribution is 9.10. The Morgan fingerprint density at radius 3 is 2.38 bits per heavy atom. The molecule has 0 amide bonds. The molecule has 1 unspecified atom stereocenters. The van der Waals surface area contributed by atoms with E-state index in [0.29, 0.717) is 12.5 Å². The molecule has 1 atom stereocenters. The monoisotopic (exact) mass is 347 g/mol. The van der Waals surface area contributed by atoms with Gasteiger partial charge in [-0.05, 0) is 23.6 Å². The van der Waals surface area contributed by atoms with Crippen LogP contribution in [0.3, 0.4) is 0 Å². The number of methoxy groups -OCH3 is 1. The van der Waals surface area contributed by atoms with Crippen LogP contribution < -0.4 is 5.32 Å². The van der Waals surface area contributed by atoms with Crippen molar-refractivity contribution in [3.05, 3.63) is 64.1 Å². The molecule has 2 rings (SSSR count). The third-order valence-electron chi connectivity index (χ3n) is 3.54. The van der Waals surface area contributed by atoms with E-state index in [0.717, 1.165) is 15.7 Å². The first-order valence-corrected chi connectivity index (χ1v) is 8.00. The maximum atomic E-state index is 5.33. The molecule has 21 heavy (non-hydrogen) atoms. The Labute approximate surface area is 135 Å². The molecule has 0 aliphatic rings. The molecule has 0 aliphatic heterocycles. The summed E-state index contributed by atoms with van der Waals surface area (Å²) in [5.41, 5.74) is 3.58. The molecule has 0 fully saturated rings. The van der Waals surface area contributed by atoms with E-state index < -0.39 is 0 Å². The van der Waals surface area contributed by atoms with Crippen molar-refractivity contribution in [1.82, 2.24) is 0 Å². The fourth-order valence-electron chi connectivity index (χ4n) is 2.45. The van der Waals surface area contributed by atoms with Crippen LogP contribution in [-0.4, -0.2) is 7.11 Å². The Morgan fingerprint density at radius 2 is 1.76 bits per heavy atom. The molecule has 0 bridgehead atoms. The van der Waals surface area contributed by atoms with Crippen molar-refractivity contribution in [2.75, 3.05) is 12.4 Å². The fraction of sp³-hybridized carbons (Fsp3) is 0.333. The van der Waals surface area contributed by atoms with Gasteiger partial charge < -0.3 is 10.1 Å². The van der Waals surface area contributed by atoms with Gasteiger partial charge in [-0.25, -0.2) is 0 Å². The lowest BCUT2D eigenvalue weighted by molar-refractivity contribution is 0.184. The predicted molar refractivity (Wildman–Crippen MR) is 92.5 cm³/mol. The summed E-state index contributed by atoms with van der Waals surface area (Å²) in [5.74, 6) is 0.488. The number of anilines is 1. The first-order chi connectivity index (χ1) is 10.1. The predicted octanol–water partition coefficient (Wildman–Crippen LogP) is 5.40. The number of halogens is 1. The van der Waals surface area contributed by atoms with E-state index in [4.69, 9.17) is 4.74 Å². The Kier molecular flexibility index (Phi) is 5.83. The summed E-state index contributed by atoms with van der Waals surface area (Å²) < 4.78 is 6.40. The highest BCUT2D eigenvalue weighted by atomic mass is 79.9. The quantitative estimate of drug-likeness (QED) is 0.754. The molecule has 0 heterocycles. The largest absolute Gasteiger partial charge is 0.380 e. The zero-order chi connectivity index (χ0) is 15.2. The summed E-state index contributed by atoms with van der Waals surface area (Å²) in [4.78, 5) is 0. The minimum atomic E-state index is 0.274. The number of benzene rings is 2. The van der Waals surface area contributed by atoms with E-state index >= 15 is 0 Å². The number of nitrogens with one attached hydrogen (secondary N) is 1. The molecule has 0 aliphatic carbocycles. The van der Waals surface area contributed by atoms with Crippen molar-refractivity contribution in [3.63, 3.8) is 0 Å². The lowest BCUT2D eigenvalue weighted by Crippen LogP contribution is -2.18. The molecule has 2 aromatic rings. The van der Waals surface area contributed by atoms with Crippen molar-refractivity contribution >= 4 is 21.6 Å². The van der Waals surface area contributed by atoms with Crippen molar-refractivity contribution in [2.24, 2.45) is 5.92 Å². The Hall–Kier alpha value is -1.32. The molecule has 112 valence electrons. The van der Waals surface area contributed by atoms with Crippen LogP contribution in [0.25, 0.3) is 0 Å². The summed E-state index contributed by atoms with van der Waals surface area (Å²) in [6, 6.07) is 17.1. The van der Waals surface area contributed by atoms with Crippen LogP contribution in [0.1, 0.15) is 31.0 Å². The summed E-state index contributed by atoms with van der Waals surface area (Å²) in [6.07, 6.45) is 0. The molecule has 1 N–H and O–H groups in total. The van der Waals surface area contributed by atoms with Crippen LogP contribution >= 0.6 is 15.9 Å². The highest BCUT2D eigenvalue weighted by Gasteiger charge is 2.17. The molecule has 0 saturated heterocycles. The normalized spacial score (nSPS) is 12.4. The molecule has 2 aromatic carbocycles. The van der Waals surface area contributed by atoms with Crippen LogP contribution in [0.4, 0.5) is 5.69 Å². The SMILES string of the molecule is COCc1c(Br)cccc1NC(c1ccccc1)C(C)C. The van der Waals surface area contributed by atoms with Gasteiger partial charge in [0.2, 0.25) is 0 Å². The third-order valence-corrected chi connectivity index (χ3v) is 4.29. The molecule has 0 aromatic heterocycles. The second-order valence-corrected chi connectivity index (χ2v) is 6.33. The number of hydrogen-bond donors (Lipinski definition) is 1. The van der Waals surface area contributed by atoms with Crippen LogP contribution in [0.5, 0.6) is 0 Å². The van der Waals surface area contributed by atoms with E-state index in [1.807, 2.05) is 12.1 Å². The van der Waals surface area contributed by atoms with Crippen LogP contribution in [-0.2, 0) is 11.3 Å². The molecule has 0 radical (unpaired) electrons. The Bertz CT molecular complexity index is 569. The topological polar surface area (TPSA) is 21.3 Å². The minimum Gasteiger partial charge on any atom is -0.380 e. The standard InChI is InChI=1S/C18H22BrNO/c1-13(2)18(14-8-5-4-6-9-14)20-17-11-7-10-16(19)15(17)12-21-3/h4-11,13,18,20H,12H2,1-3H3. The third kappa shape index (κ3) is 4.08. The van der Waals surface area contributed by atoms with E-state index in [2.05, 4.69) is 71.5 Å². The molecule has 0 spiro atoms. The lowest BCUT2D eigenvalue weighted by Gasteiger charge is -2.26. The second kappa shape index (κ2) is 7.62. The van der Waals surface area contributed by atoms with Crippen LogP contribution in [0, 0.1) is 5.92 Å². The second-order valence-electron chi connectivity index (χ2n) is 5.48. The number of ether oxygens (including phenoxy) is 1. The van der Waals surface area contributed by atoms with Gasteiger partial charge in [0.25, 0.3) is 0 Å². The Balaban J connectivity index is 2.32. The molecular weight excluding hydrogens is 326 g/mol. The molecule has 2 nitrogen and oxygen atoms in total. The fourth-order valence-corrected chi connectivity index (χ4v) is 2.93. The first-order valence-electron chi connectivity index (χ1n) is 7.21. The number of rotatable bonds is 6. The van der Waals surface area contributed by atoms with E-state index in [1.165, 1.54) is 5.56 Å². The van der Waals surface area contributed by atoms with Crippen molar-refractivity contribution in [2.45, 2.75) is 26.5 Å². The van der Waals surface area contributed by atoms with Gasteiger partial charge in [0.05, 0.1) is 12.6 Å². The van der Waals surface area contributed by atoms with Gasteiger partial charge in [-0.1, -0.05) is 66.2 Å². The highest BCUT2D eigenvalue weighted by Crippen LogP contribution is 2.31. The van der Waals surface area contributed by atoms with Gasteiger partial charge in [-0.15, -0.1) is 0 Å². The summed E-state index contributed by atoms with van der Waals surface area (Å²) in [6.45, 7) is 5.06. The summed E-state index contributed by atoms with van der Waals surface area (Å²) in [7, 11) is 1.72. The van der Waals surface area contributed by atoms with Crippen LogP contribution in [0.15, 0.2) is 53.0 Å². The van der Waals surface area contributed by atoms with Gasteiger partial charge in [-0.2, -0.15) is 0 Å². The van der Waals surface area contributed by atoms with Crippen molar-refractivity contribution in [3.8, 4) is 0 Å². The first kappa shape index (κ1) is 16.1. The van der Waals surface area contributed by atoms with E-state index in [-0.39, 0.29) is 6.04 Å². The molecule has 0 saturated carbocycles. The smallest absolute Gasteiger partial charge is 0.0744 e. The maximum absolute atomic E-state index is 5.33. The summed E-state index contributed by atoms with van der Waals surface area (Å²) >= 11 is 3.61. The minimum absolute atomic E-state index is 0.274. The van der Waals surface area contributed by atoms with E-state index in [9.17, 15) is 0 Å². The zero-order valence-corrected chi connectivity index (χ0v) is 14.4. The van der Waals surface area contributed by atoms with Crippen LogP contribution in [0.2, 0.25) is 0 Å². The maximum Gasteiger partial charge on any atom is 0.0744 e. The number of hydrogen-bond acceptors (Lipinski definition) is 2. The average Bonchev–Trinajstić information content (AvgIpc) is 2.48. The van der Waals surface area contributed by atoms with Crippen molar-refractivity contribution in [1.29, 1.82) is 0 Å². The van der Waals surface area contributed by atoms with Gasteiger partial charge in [-0.3, -0.25) is 0 Å². The Morgan fingerprint density at radius 1 is 1.05 bits per heavy atom. The van der Waals surface area contributed by atoms with Gasteiger partial charge in [0.15, 0.2) is 0 Å². The lowest BCUT2D eigenvalue weighted by atomic mass is 9.95. The zero-order valence-electron chi connectivity index (χ0n) is 12.8. The molecule has 3 heteroatoms. The van der Waals surface area contributed by atoms with Crippen molar-refractivity contribution < 1.29 is 4.74 Å². The summed E-state index contributed by atoms with van der Waals surface area (Å²) in [5, 5.41) is 3.68. The van der Waals surface area contributed by atoms with Gasteiger partial charge in [0.1, 0.15) is 0 Å². The van der Waals surface area contributed by atoms with E-state index in [1.54, 1.807) is 7.11 Å². The average molecular weight is 348 g/mol. The van der Waals surface area contributed by atoms with Gasteiger partial charge in [0, 0.05) is 22.8 Å². The van der Waals surface area contributed by atoms with Gasteiger partial charge >= 0.3 is 0 Å². The molecular formula is C18H22BrNO.